The molecule has 0 spiro atoms. The third-order valence-electron chi connectivity index (χ3n) is 2.86. The number of para-hydroxylation sites is 1. The molecular weight excluding hydrogens is 272 g/mol. The molecule has 0 saturated carbocycles. The Morgan fingerprint density at radius 1 is 1.35 bits per heavy atom. The van der Waals surface area contributed by atoms with Crippen molar-refractivity contribution in [2.45, 2.75) is 32.6 Å². The molecule has 20 heavy (non-hydrogen) atoms. The Morgan fingerprint density at radius 3 is 2.75 bits per heavy atom. The van der Waals surface area contributed by atoms with Gasteiger partial charge in [-0.15, -0.1) is 10.2 Å². The Kier molecular flexibility index (Phi) is 4.68. The molecule has 1 heterocycles. The third-order valence-corrected chi connectivity index (χ3v) is 4.00. The van der Waals surface area contributed by atoms with Gasteiger partial charge in [-0.05, 0) is 18.1 Å². The van der Waals surface area contributed by atoms with Crippen molar-refractivity contribution in [2.75, 3.05) is 11.1 Å². The zero-order valence-corrected chi connectivity index (χ0v) is 12.4. The fourth-order valence-corrected chi connectivity index (χ4v) is 2.47. The maximum atomic E-state index is 11.9. The number of carbonyl (C=O) groups excluding carboxylic acids is 1. The van der Waals surface area contributed by atoms with Gasteiger partial charge in [0.1, 0.15) is 5.01 Å². The lowest BCUT2D eigenvalue weighted by Gasteiger charge is -2.04. The summed E-state index contributed by atoms with van der Waals surface area (Å²) in [6, 6.07) is 7.58. The van der Waals surface area contributed by atoms with Gasteiger partial charge in [-0.25, -0.2) is 0 Å². The molecule has 0 unspecified atom stereocenters. The molecule has 0 aliphatic carbocycles. The van der Waals surface area contributed by atoms with E-state index in [1.54, 1.807) is 0 Å². The third kappa shape index (κ3) is 3.77. The number of nitrogen functional groups attached to an aromatic ring is 1. The van der Waals surface area contributed by atoms with Crippen molar-refractivity contribution in [3.8, 4) is 0 Å². The summed E-state index contributed by atoms with van der Waals surface area (Å²) in [6.45, 7) is 4.09. The zero-order valence-electron chi connectivity index (χ0n) is 11.6. The first kappa shape index (κ1) is 14.5. The summed E-state index contributed by atoms with van der Waals surface area (Å²) in [4.78, 5) is 11.9. The molecule has 5 nitrogen and oxygen atoms in total. The minimum Gasteiger partial charge on any atom is -0.399 e. The van der Waals surface area contributed by atoms with Crippen LogP contribution in [0.2, 0.25) is 0 Å². The second-order valence-electron chi connectivity index (χ2n) is 4.85. The molecule has 1 aromatic carbocycles. The molecule has 0 aliphatic heterocycles. The van der Waals surface area contributed by atoms with Gasteiger partial charge in [-0.1, -0.05) is 43.4 Å². The predicted octanol–water partition coefficient (Wildman–Crippen LogP) is 2.82. The summed E-state index contributed by atoms with van der Waals surface area (Å²) in [5, 5.41) is 12.2. The van der Waals surface area contributed by atoms with Crippen molar-refractivity contribution < 1.29 is 4.79 Å². The molecule has 1 aromatic heterocycles. The highest BCUT2D eigenvalue weighted by molar-refractivity contribution is 7.15. The van der Waals surface area contributed by atoms with Gasteiger partial charge in [-0.3, -0.25) is 4.79 Å². The maximum Gasteiger partial charge on any atom is 0.226 e. The fraction of sp³-hybridized carbons (Fsp3) is 0.357. The van der Waals surface area contributed by atoms with Crippen LogP contribution in [0.3, 0.4) is 0 Å². The van der Waals surface area contributed by atoms with Crippen molar-refractivity contribution in [3.05, 3.63) is 34.8 Å². The molecule has 2 rings (SSSR count). The van der Waals surface area contributed by atoms with E-state index in [1.165, 1.54) is 11.3 Å². The van der Waals surface area contributed by atoms with Crippen LogP contribution >= 0.6 is 11.3 Å². The number of nitrogens with two attached hydrogens (primary N) is 1. The van der Waals surface area contributed by atoms with Gasteiger partial charge in [0, 0.05) is 18.0 Å². The Morgan fingerprint density at radius 2 is 2.10 bits per heavy atom. The number of anilines is 2. The van der Waals surface area contributed by atoms with E-state index in [9.17, 15) is 4.79 Å². The van der Waals surface area contributed by atoms with Crippen molar-refractivity contribution in [1.82, 2.24) is 10.2 Å². The number of aromatic nitrogens is 2. The van der Waals surface area contributed by atoms with Crippen molar-refractivity contribution in [2.24, 2.45) is 0 Å². The number of nitrogens with zero attached hydrogens (tertiary/aromatic N) is 2. The quantitative estimate of drug-likeness (QED) is 0.830. The molecule has 106 valence electrons. The molecule has 3 N–H and O–H groups in total. The number of hydrogen-bond donors (Lipinski definition) is 2. The average molecular weight is 290 g/mol. The molecule has 0 aliphatic rings. The van der Waals surface area contributed by atoms with E-state index < -0.39 is 0 Å². The summed E-state index contributed by atoms with van der Waals surface area (Å²) in [5.41, 5.74) is 7.55. The molecule has 2 aromatic rings. The SMILES string of the molecule is CC(C)c1nnc(NC(=O)CCc2ccccc2N)s1. The van der Waals surface area contributed by atoms with Crippen LogP contribution in [0.5, 0.6) is 0 Å². The molecule has 0 fully saturated rings. The lowest BCUT2D eigenvalue weighted by atomic mass is 10.1. The van der Waals surface area contributed by atoms with E-state index in [0.29, 0.717) is 23.9 Å². The number of hydrogen-bond acceptors (Lipinski definition) is 5. The number of amides is 1. The molecule has 0 bridgehead atoms. The van der Waals surface area contributed by atoms with E-state index in [-0.39, 0.29) is 5.91 Å². The second-order valence-corrected chi connectivity index (χ2v) is 5.86. The number of aryl methyl sites for hydroxylation is 1. The van der Waals surface area contributed by atoms with Crippen LogP contribution in [0, 0.1) is 0 Å². The summed E-state index contributed by atoms with van der Waals surface area (Å²) in [7, 11) is 0. The molecule has 0 radical (unpaired) electrons. The largest absolute Gasteiger partial charge is 0.399 e. The molecule has 0 atom stereocenters. The van der Waals surface area contributed by atoms with Gasteiger partial charge >= 0.3 is 0 Å². The Bertz CT molecular complexity index is 594. The van der Waals surface area contributed by atoms with Gasteiger partial charge in [0.2, 0.25) is 11.0 Å². The first-order valence-electron chi connectivity index (χ1n) is 6.53. The van der Waals surface area contributed by atoms with E-state index in [0.717, 1.165) is 16.3 Å². The van der Waals surface area contributed by atoms with E-state index in [1.807, 2.05) is 38.1 Å². The van der Waals surface area contributed by atoms with Crippen LogP contribution in [0.4, 0.5) is 10.8 Å². The molecular formula is C14H18N4OS. The van der Waals surface area contributed by atoms with Gasteiger partial charge in [0.25, 0.3) is 0 Å². The number of rotatable bonds is 5. The molecule has 0 saturated heterocycles. The Balaban J connectivity index is 1.88. The minimum absolute atomic E-state index is 0.0697. The monoisotopic (exact) mass is 290 g/mol. The van der Waals surface area contributed by atoms with Crippen molar-refractivity contribution in [3.63, 3.8) is 0 Å². The first-order chi connectivity index (χ1) is 9.56. The Hall–Kier alpha value is -1.95. The molecule has 1 amide bonds. The predicted molar refractivity (Wildman–Crippen MR) is 81.8 cm³/mol. The normalized spacial score (nSPS) is 10.8. The lowest BCUT2D eigenvalue weighted by Crippen LogP contribution is -2.12. The smallest absolute Gasteiger partial charge is 0.226 e. The summed E-state index contributed by atoms with van der Waals surface area (Å²) in [6.07, 6.45) is 0.999. The van der Waals surface area contributed by atoms with E-state index >= 15 is 0 Å². The molecule has 6 heteroatoms. The van der Waals surface area contributed by atoms with E-state index in [4.69, 9.17) is 5.73 Å². The number of carbonyl (C=O) groups is 1. The summed E-state index contributed by atoms with van der Waals surface area (Å²) < 4.78 is 0. The lowest BCUT2D eigenvalue weighted by molar-refractivity contribution is -0.116. The topological polar surface area (TPSA) is 80.9 Å². The fourth-order valence-electron chi connectivity index (χ4n) is 1.71. The highest BCUT2D eigenvalue weighted by atomic mass is 32.1. The van der Waals surface area contributed by atoms with Crippen LogP contribution in [0.1, 0.15) is 36.8 Å². The van der Waals surface area contributed by atoms with Crippen molar-refractivity contribution in [1.29, 1.82) is 0 Å². The Labute approximate surface area is 122 Å². The number of benzene rings is 1. The van der Waals surface area contributed by atoms with Crippen LogP contribution in [-0.4, -0.2) is 16.1 Å². The second kappa shape index (κ2) is 6.47. The maximum absolute atomic E-state index is 11.9. The average Bonchev–Trinajstić information content (AvgIpc) is 2.86. The minimum atomic E-state index is -0.0697. The van der Waals surface area contributed by atoms with Crippen LogP contribution in [0.25, 0.3) is 0 Å². The van der Waals surface area contributed by atoms with Gasteiger partial charge < -0.3 is 11.1 Å². The van der Waals surface area contributed by atoms with Gasteiger partial charge in [0.05, 0.1) is 0 Å². The highest BCUT2D eigenvalue weighted by Gasteiger charge is 2.10. The van der Waals surface area contributed by atoms with Crippen LogP contribution in [0.15, 0.2) is 24.3 Å². The zero-order chi connectivity index (χ0) is 14.5. The van der Waals surface area contributed by atoms with Gasteiger partial charge in [0.15, 0.2) is 0 Å². The van der Waals surface area contributed by atoms with E-state index in [2.05, 4.69) is 15.5 Å². The highest BCUT2D eigenvalue weighted by Crippen LogP contribution is 2.22. The van der Waals surface area contributed by atoms with Gasteiger partial charge in [-0.2, -0.15) is 0 Å². The summed E-state index contributed by atoms with van der Waals surface area (Å²) >= 11 is 1.42. The van der Waals surface area contributed by atoms with Crippen LogP contribution < -0.4 is 11.1 Å². The first-order valence-corrected chi connectivity index (χ1v) is 7.34. The van der Waals surface area contributed by atoms with Crippen LogP contribution in [-0.2, 0) is 11.2 Å². The number of nitrogens with one attached hydrogen (secondary N) is 1. The standard InChI is InChI=1S/C14H18N4OS/c1-9(2)13-17-18-14(20-13)16-12(19)8-7-10-5-3-4-6-11(10)15/h3-6,9H,7-8,15H2,1-2H3,(H,16,18,19). The summed E-state index contributed by atoms with van der Waals surface area (Å²) in [5.74, 6) is 0.252. The van der Waals surface area contributed by atoms with Crippen molar-refractivity contribution >= 4 is 28.1 Å².